The molecule has 0 aromatic heterocycles. The molecule has 0 atom stereocenters. The third-order valence-electron chi connectivity index (χ3n) is 3.85. The Hall–Kier alpha value is -3.47. The SMILES string of the molecule is CN(Cc1ccccc1O)C(=O)Nc1ccccc1Oc1ccccc1. The molecule has 0 bridgehead atoms. The summed E-state index contributed by atoms with van der Waals surface area (Å²) in [5, 5.41) is 12.7. The number of para-hydroxylation sites is 4. The summed E-state index contributed by atoms with van der Waals surface area (Å²) in [6.45, 7) is 0.292. The van der Waals surface area contributed by atoms with Gasteiger partial charge in [-0.25, -0.2) is 4.79 Å². The molecule has 5 nitrogen and oxygen atoms in total. The molecule has 2 N–H and O–H groups in total. The zero-order valence-electron chi connectivity index (χ0n) is 14.4. The predicted molar refractivity (Wildman–Crippen MR) is 102 cm³/mol. The quantitative estimate of drug-likeness (QED) is 0.693. The standard InChI is InChI=1S/C21H20N2O3/c1-23(15-16-9-5-7-13-19(16)24)21(25)22-18-12-6-8-14-20(18)26-17-10-3-2-4-11-17/h2-14,24H,15H2,1H3,(H,22,25). The Morgan fingerprint density at radius 2 is 1.62 bits per heavy atom. The minimum Gasteiger partial charge on any atom is -0.508 e. The second kappa shape index (κ2) is 8.07. The number of amides is 2. The van der Waals surface area contributed by atoms with Gasteiger partial charge in [0.25, 0.3) is 0 Å². The lowest BCUT2D eigenvalue weighted by Crippen LogP contribution is -2.30. The van der Waals surface area contributed by atoms with Crippen molar-refractivity contribution in [3.05, 3.63) is 84.4 Å². The monoisotopic (exact) mass is 348 g/mol. The van der Waals surface area contributed by atoms with Crippen LogP contribution in [0.1, 0.15) is 5.56 Å². The second-order valence-corrected chi connectivity index (χ2v) is 5.83. The topological polar surface area (TPSA) is 61.8 Å². The van der Waals surface area contributed by atoms with Crippen molar-refractivity contribution in [2.75, 3.05) is 12.4 Å². The van der Waals surface area contributed by atoms with Crippen LogP contribution >= 0.6 is 0 Å². The number of ether oxygens (including phenoxy) is 1. The van der Waals surface area contributed by atoms with Gasteiger partial charge in [0.1, 0.15) is 11.5 Å². The summed E-state index contributed by atoms with van der Waals surface area (Å²) in [7, 11) is 1.67. The number of hydrogen-bond acceptors (Lipinski definition) is 3. The van der Waals surface area contributed by atoms with Gasteiger partial charge >= 0.3 is 6.03 Å². The minimum absolute atomic E-state index is 0.167. The van der Waals surface area contributed by atoms with Crippen molar-refractivity contribution >= 4 is 11.7 Å². The number of phenolic OH excluding ortho intramolecular Hbond substituents is 1. The van der Waals surface area contributed by atoms with E-state index in [0.717, 1.165) is 0 Å². The molecule has 0 heterocycles. The molecule has 3 rings (SSSR count). The second-order valence-electron chi connectivity index (χ2n) is 5.83. The number of rotatable bonds is 5. The molecule has 0 unspecified atom stereocenters. The van der Waals surface area contributed by atoms with Gasteiger partial charge in [0.15, 0.2) is 5.75 Å². The molecule has 0 radical (unpaired) electrons. The van der Waals surface area contributed by atoms with Crippen molar-refractivity contribution in [1.82, 2.24) is 4.90 Å². The van der Waals surface area contributed by atoms with E-state index in [0.29, 0.717) is 29.3 Å². The third kappa shape index (κ3) is 4.33. The zero-order chi connectivity index (χ0) is 18.4. The molecule has 0 aliphatic heterocycles. The molecule has 132 valence electrons. The van der Waals surface area contributed by atoms with E-state index < -0.39 is 0 Å². The largest absolute Gasteiger partial charge is 0.508 e. The normalized spacial score (nSPS) is 10.2. The van der Waals surface area contributed by atoms with Crippen molar-refractivity contribution in [1.29, 1.82) is 0 Å². The number of hydrogen-bond donors (Lipinski definition) is 2. The van der Waals surface area contributed by atoms with Crippen LogP contribution in [-0.4, -0.2) is 23.1 Å². The van der Waals surface area contributed by atoms with E-state index in [9.17, 15) is 9.90 Å². The fraction of sp³-hybridized carbons (Fsp3) is 0.0952. The molecule has 3 aromatic carbocycles. The molecule has 0 aliphatic carbocycles. The first-order valence-electron chi connectivity index (χ1n) is 8.24. The minimum atomic E-state index is -0.294. The summed E-state index contributed by atoms with van der Waals surface area (Å²) in [6, 6.07) is 23.3. The lowest BCUT2D eigenvalue weighted by atomic mass is 10.2. The smallest absolute Gasteiger partial charge is 0.321 e. The maximum absolute atomic E-state index is 12.5. The van der Waals surface area contributed by atoms with Crippen molar-refractivity contribution in [2.24, 2.45) is 0 Å². The predicted octanol–water partition coefficient (Wildman–Crippen LogP) is 4.85. The Morgan fingerprint density at radius 1 is 0.962 bits per heavy atom. The molecule has 3 aromatic rings. The Balaban J connectivity index is 1.70. The van der Waals surface area contributed by atoms with Crippen LogP contribution in [0.25, 0.3) is 0 Å². The van der Waals surface area contributed by atoms with Gasteiger partial charge in [-0.2, -0.15) is 0 Å². The van der Waals surface area contributed by atoms with Crippen LogP contribution in [0.2, 0.25) is 0 Å². The maximum atomic E-state index is 12.5. The van der Waals surface area contributed by atoms with E-state index in [2.05, 4.69) is 5.32 Å². The van der Waals surface area contributed by atoms with E-state index in [-0.39, 0.29) is 11.8 Å². The van der Waals surface area contributed by atoms with Crippen LogP contribution < -0.4 is 10.1 Å². The average Bonchev–Trinajstić information content (AvgIpc) is 2.66. The van der Waals surface area contributed by atoms with Gasteiger partial charge in [-0.15, -0.1) is 0 Å². The Labute approximate surface area is 152 Å². The number of aromatic hydroxyl groups is 1. The first-order valence-corrected chi connectivity index (χ1v) is 8.24. The van der Waals surface area contributed by atoms with Gasteiger partial charge in [0.05, 0.1) is 12.2 Å². The van der Waals surface area contributed by atoms with Crippen LogP contribution in [0.15, 0.2) is 78.9 Å². The van der Waals surface area contributed by atoms with Crippen molar-refractivity contribution in [3.8, 4) is 17.2 Å². The highest BCUT2D eigenvalue weighted by molar-refractivity contribution is 5.90. The van der Waals surface area contributed by atoms with E-state index in [1.54, 1.807) is 37.4 Å². The number of carbonyl (C=O) groups is 1. The number of benzene rings is 3. The summed E-state index contributed by atoms with van der Waals surface area (Å²) in [6.07, 6.45) is 0. The van der Waals surface area contributed by atoms with Gasteiger partial charge in [-0.1, -0.05) is 48.5 Å². The van der Waals surface area contributed by atoms with Crippen molar-refractivity contribution in [2.45, 2.75) is 6.54 Å². The highest BCUT2D eigenvalue weighted by Crippen LogP contribution is 2.29. The Kier molecular flexibility index (Phi) is 5.39. The van der Waals surface area contributed by atoms with Crippen LogP contribution in [0, 0.1) is 0 Å². The summed E-state index contributed by atoms with van der Waals surface area (Å²) in [4.78, 5) is 14.0. The fourth-order valence-electron chi connectivity index (χ4n) is 2.46. The molecule has 0 aliphatic rings. The molecule has 26 heavy (non-hydrogen) atoms. The van der Waals surface area contributed by atoms with E-state index in [1.165, 1.54) is 4.90 Å². The van der Waals surface area contributed by atoms with E-state index >= 15 is 0 Å². The number of anilines is 1. The molecule has 0 spiro atoms. The summed E-state index contributed by atoms with van der Waals surface area (Å²) >= 11 is 0. The molecule has 0 saturated heterocycles. The van der Waals surface area contributed by atoms with E-state index in [1.807, 2.05) is 48.5 Å². The Morgan fingerprint density at radius 3 is 2.38 bits per heavy atom. The summed E-state index contributed by atoms with van der Waals surface area (Å²) in [5.74, 6) is 1.42. The molecule has 0 saturated carbocycles. The van der Waals surface area contributed by atoms with Crippen LogP contribution in [0.3, 0.4) is 0 Å². The highest BCUT2D eigenvalue weighted by Gasteiger charge is 2.14. The average molecular weight is 348 g/mol. The third-order valence-corrected chi connectivity index (χ3v) is 3.85. The van der Waals surface area contributed by atoms with Gasteiger partial charge in [0, 0.05) is 12.6 Å². The molecule has 0 fully saturated rings. The van der Waals surface area contributed by atoms with Crippen LogP contribution in [0.4, 0.5) is 10.5 Å². The molecule has 2 amide bonds. The Bertz CT molecular complexity index is 881. The van der Waals surface area contributed by atoms with Gasteiger partial charge in [0.2, 0.25) is 0 Å². The zero-order valence-corrected chi connectivity index (χ0v) is 14.4. The lowest BCUT2D eigenvalue weighted by molar-refractivity contribution is 0.220. The first-order chi connectivity index (χ1) is 12.6. The van der Waals surface area contributed by atoms with Crippen LogP contribution in [0.5, 0.6) is 17.2 Å². The van der Waals surface area contributed by atoms with Gasteiger partial charge in [-0.05, 0) is 30.3 Å². The first kappa shape index (κ1) is 17.4. The lowest BCUT2D eigenvalue weighted by Gasteiger charge is -2.20. The number of nitrogens with zero attached hydrogens (tertiary/aromatic N) is 1. The van der Waals surface area contributed by atoms with Gasteiger partial charge < -0.3 is 20.1 Å². The summed E-state index contributed by atoms with van der Waals surface area (Å²) in [5.41, 5.74) is 1.25. The number of carbonyl (C=O) groups excluding carboxylic acids is 1. The molecular formula is C21H20N2O3. The fourth-order valence-corrected chi connectivity index (χ4v) is 2.46. The number of phenols is 1. The highest BCUT2D eigenvalue weighted by atomic mass is 16.5. The van der Waals surface area contributed by atoms with Crippen LogP contribution in [-0.2, 0) is 6.54 Å². The summed E-state index contributed by atoms with van der Waals surface area (Å²) < 4.78 is 5.85. The van der Waals surface area contributed by atoms with Gasteiger partial charge in [-0.3, -0.25) is 0 Å². The van der Waals surface area contributed by atoms with Crippen molar-refractivity contribution < 1.29 is 14.6 Å². The molecular weight excluding hydrogens is 328 g/mol. The number of urea groups is 1. The number of nitrogens with one attached hydrogen (secondary N) is 1. The van der Waals surface area contributed by atoms with E-state index in [4.69, 9.17) is 4.74 Å². The molecule has 5 heteroatoms. The maximum Gasteiger partial charge on any atom is 0.321 e. The van der Waals surface area contributed by atoms with Crippen molar-refractivity contribution in [3.63, 3.8) is 0 Å².